The van der Waals surface area contributed by atoms with Gasteiger partial charge in [-0.05, 0) is 0 Å². The van der Waals surface area contributed by atoms with E-state index in [1.54, 1.807) is 0 Å². The Hall–Kier alpha value is 0.292. The number of aliphatic hydroxyl groups is 5. The van der Waals surface area contributed by atoms with Crippen LogP contribution in [0.15, 0.2) is 0 Å². The lowest BCUT2D eigenvalue weighted by Crippen LogP contribution is -2.45. The van der Waals surface area contributed by atoms with Crippen LogP contribution in [0.2, 0.25) is 0 Å². The molecule has 0 fully saturated rings. The van der Waals surface area contributed by atoms with Gasteiger partial charge in [0.15, 0.2) is 0 Å². The van der Waals surface area contributed by atoms with Crippen molar-refractivity contribution in [1.82, 2.24) is 0 Å². The first-order valence-corrected chi connectivity index (χ1v) is 3.98. The van der Waals surface area contributed by atoms with Crippen molar-refractivity contribution in [3.8, 4) is 0 Å². The molecule has 0 aliphatic carbocycles. The molecular weight excluding hydrogens is 183 g/mol. The van der Waals surface area contributed by atoms with Crippen molar-refractivity contribution in [3.05, 3.63) is 0 Å². The topological polar surface area (TPSA) is 133 Å². The summed E-state index contributed by atoms with van der Waals surface area (Å²) in [5, 5.41) is 43.7. The van der Waals surface area contributed by atoms with Gasteiger partial charge in [-0.2, -0.15) is 0 Å². The van der Waals surface area contributed by atoms with Crippen LogP contribution in [0.3, 0.4) is 0 Å². The maximum Gasteiger partial charge on any atom is 0.226 e. The largest absolute Gasteiger partial charge is 0.412 e. The van der Waals surface area contributed by atoms with E-state index in [2.05, 4.69) is 0 Å². The fraction of sp³-hybridized carbons (Fsp3) is 1.00. The molecule has 0 bridgehead atoms. The van der Waals surface area contributed by atoms with E-state index in [0.717, 1.165) is 16.3 Å². The summed E-state index contributed by atoms with van der Waals surface area (Å²) >= 11 is 1.08. The normalized spacial score (nSPS) is 20.4. The molecule has 0 saturated carbocycles. The van der Waals surface area contributed by atoms with E-state index in [9.17, 15) is 0 Å². The minimum absolute atomic E-state index is 0. The molecule has 7 N–H and O–H groups in total. The van der Waals surface area contributed by atoms with Gasteiger partial charge in [0.05, 0.1) is 12.7 Å². The Bertz CT molecular complexity index is 110. The van der Waals surface area contributed by atoms with Gasteiger partial charge in [0.1, 0.15) is 12.2 Å². The Kier molecular flexibility index (Phi) is 8.35. The summed E-state index contributed by atoms with van der Waals surface area (Å²) in [7, 11) is 0. The Balaban J connectivity index is 0. The van der Waals surface area contributed by atoms with Crippen molar-refractivity contribution >= 4 is 16.3 Å². The maximum atomic E-state index is 8.94. The average Bonchev–Trinajstić information content (AvgIpc) is 2.00. The van der Waals surface area contributed by atoms with Crippen LogP contribution in [-0.2, 0) is 0 Å². The molecule has 0 spiro atoms. The van der Waals surface area contributed by atoms with Crippen LogP contribution < -0.4 is 0 Å². The zero-order valence-corrected chi connectivity index (χ0v) is 7.87. The minimum Gasteiger partial charge on any atom is -0.412 e. The highest BCUT2D eigenvalue weighted by Gasteiger charge is 2.26. The summed E-state index contributed by atoms with van der Waals surface area (Å²) in [5.74, 6) is 0. The van der Waals surface area contributed by atoms with Gasteiger partial charge in [0.25, 0.3) is 0 Å². The first kappa shape index (κ1) is 14.8. The van der Waals surface area contributed by atoms with Crippen LogP contribution in [0.1, 0.15) is 0 Å². The highest BCUT2D eigenvalue weighted by Crippen LogP contribution is 2.01. The molecule has 0 aromatic rings. The lowest BCUT2D eigenvalue weighted by molar-refractivity contribution is -0.0982. The molecular formula is C5H14AlO6. The molecule has 0 rings (SSSR count). The predicted octanol–water partition coefficient (Wildman–Crippen LogP) is -4.54. The molecule has 12 heavy (non-hydrogen) atoms. The predicted molar refractivity (Wildman–Crippen MR) is 41.9 cm³/mol. The van der Waals surface area contributed by atoms with Crippen LogP contribution >= 0.6 is 0 Å². The highest BCUT2D eigenvalue weighted by molar-refractivity contribution is 6.11. The molecule has 0 aliphatic rings. The lowest BCUT2D eigenvalue weighted by Gasteiger charge is -2.23. The van der Waals surface area contributed by atoms with E-state index in [-0.39, 0.29) is 5.48 Å². The summed E-state index contributed by atoms with van der Waals surface area (Å²) in [6.45, 7) is -0.645. The Labute approximate surface area is 77.8 Å². The minimum atomic E-state index is -1.51. The van der Waals surface area contributed by atoms with E-state index >= 15 is 0 Å². The van der Waals surface area contributed by atoms with E-state index in [0.29, 0.717) is 0 Å². The summed E-state index contributed by atoms with van der Waals surface area (Å²) in [4.78, 5) is -1.11. The van der Waals surface area contributed by atoms with Crippen LogP contribution in [0.25, 0.3) is 0 Å². The molecule has 0 aromatic heterocycles. The summed E-state index contributed by atoms with van der Waals surface area (Å²) in [5.41, 5.74) is 0. The van der Waals surface area contributed by atoms with E-state index in [4.69, 9.17) is 25.5 Å². The van der Waals surface area contributed by atoms with E-state index in [1.165, 1.54) is 0 Å². The second-order valence-electron chi connectivity index (χ2n) is 2.30. The molecule has 6 nitrogen and oxygen atoms in total. The smallest absolute Gasteiger partial charge is 0.226 e. The van der Waals surface area contributed by atoms with Gasteiger partial charge in [0.2, 0.25) is 16.3 Å². The molecule has 0 aliphatic heterocycles. The lowest BCUT2D eigenvalue weighted by atomic mass is 10.1. The van der Waals surface area contributed by atoms with Gasteiger partial charge in [0, 0.05) is 4.97 Å². The first-order valence-electron chi connectivity index (χ1n) is 3.17. The average molecular weight is 197 g/mol. The van der Waals surface area contributed by atoms with Crippen LogP contribution in [0, 0.1) is 0 Å². The molecule has 0 unspecified atom stereocenters. The number of hydrogen-bond donors (Lipinski definition) is 5. The maximum absolute atomic E-state index is 8.94. The fourth-order valence-corrected chi connectivity index (χ4v) is 0.842. The van der Waals surface area contributed by atoms with Gasteiger partial charge >= 0.3 is 0 Å². The van der Waals surface area contributed by atoms with Gasteiger partial charge in [-0.1, -0.05) is 0 Å². The monoisotopic (exact) mass is 197 g/mol. The zero-order valence-electron chi connectivity index (χ0n) is 6.46. The number of aliphatic hydroxyl groups excluding tert-OH is 5. The standard InChI is InChI=1S/C5H11O5.Al.H2O.H/c6-1-3(8)5(10)4(9)2-7;;;/h1,3-10H,2H2;;1H2;/t3-,4-,5+;;;/m1.../s1. The third-order valence-electron chi connectivity index (χ3n) is 1.33. The first-order chi connectivity index (χ1) is 5.00. The van der Waals surface area contributed by atoms with Gasteiger partial charge in [-0.15, -0.1) is 0 Å². The van der Waals surface area contributed by atoms with E-state index < -0.39 is 29.9 Å². The fourth-order valence-electron chi connectivity index (χ4n) is 0.563. The highest BCUT2D eigenvalue weighted by atomic mass is 27.0. The van der Waals surface area contributed by atoms with Crippen molar-refractivity contribution in [3.63, 3.8) is 0 Å². The van der Waals surface area contributed by atoms with Crippen LogP contribution in [-0.4, -0.2) is 77.2 Å². The van der Waals surface area contributed by atoms with Gasteiger partial charge in [-0.25, -0.2) is 0 Å². The summed E-state index contributed by atoms with van der Waals surface area (Å²) in [6, 6.07) is 0. The molecule has 0 aromatic carbocycles. The van der Waals surface area contributed by atoms with Crippen molar-refractivity contribution in [2.24, 2.45) is 0 Å². The third kappa shape index (κ3) is 4.35. The molecule has 4 atom stereocenters. The SMILES string of the molecule is O.OC[C@@H](O)[C@@H](O)[C@H](O)[C@@H](O)[AlH]. The quantitative estimate of drug-likeness (QED) is 0.289. The Morgan fingerprint density at radius 2 is 1.42 bits per heavy atom. The second-order valence-corrected chi connectivity index (χ2v) is 3.14. The summed E-state index contributed by atoms with van der Waals surface area (Å²) < 4.78 is 0. The van der Waals surface area contributed by atoms with Crippen molar-refractivity contribution < 1.29 is 31.0 Å². The Morgan fingerprint density at radius 1 is 1.00 bits per heavy atom. The molecule has 0 heterocycles. The zero-order chi connectivity index (χ0) is 9.02. The molecule has 0 amide bonds. The third-order valence-corrected chi connectivity index (χ3v) is 1.81. The Morgan fingerprint density at radius 3 is 1.67 bits per heavy atom. The van der Waals surface area contributed by atoms with Crippen molar-refractivity contribution in [2.45, 2.75) is 23.3 Å². The second kappa shape index (κ2) is 6.77. The molecule has 0 saturated heterocycles. The summed E-state index contributed by atoms with van der Waals surface area (Å²) in [6.07, 6.45) is -4.34. The molecule has 7 heteroatoms. The van der Waals surface area contributed by atoms with Crippen molar-refractivity contribution in [1.29, 1.82) is 0 Å². The molecule has 1 radical (unpaired) electrons. The molecule has 73 valence electrons. The van der Waals surface area contributed by atoms with E-state index in [1.807, 2.05) is 0 Å². The van der Waals surface area contributed by atoms with Crippen LogP contribution in [0.4, 0.5) is 0 Å². The van der Waals surface area contributed by atoms with Crippen molar-refractivity contribution in [2.75, 3.05) is 6.61 Å². The van der Waals surface area contributed by atoms with Crippen LogP contribution in [0.5, 0.6) is 0 Å². The number of rotatable bonds is 4. The van der Waals surface area contributed by atoms with Gasteiger partial charge in [-0.3, -0.25) is 0 Å². The number of hydrogen-bond acceptors (Lipinski definition) is 5. The van der Waals surface area contributed by atoms with Gasteiger partial charge < -0.3 is 31.0 Å².